The molecule has 25 heavy (non-hydrogen) atoms. The van der Waals surface area contributed by atoms with Crippen LogP contribution in [-0.4, -0.2) is 92.4 Å². The molecule has 9 nitrogen and oxygen atoms in total. The van der Waals surface area contributed by atoms with E-state index in [1.165, 1.54) is 0 Å². The first kappa shape index (κ1) is 20.2. The molecule has 1 aromatic rings. The summed E-state index contributed by atoms with van der Waals surface area (Å²) in [7, 11) is -2.84. The van der Waals surface area contributed by atoms with Gasteiger partial charge in [0.25, 0.3) is 0 Å². The predicted molar refractivity (Wildman–Crippen MR) is 94.1 cm³/mol. The first-order chi connectivity index (χ1) is 12.1. The van der Waals surface area contributed by atoms with E-state index in [1.807, 2.05) is 6.20 Å². The third-order valence-corrected chi connectivity index (χ3v) is 5.53. The van der Waals surface area contributed by atoms with Gasteiger partial charge in [-0.2, -0.15) is 0 Å². The molecular weight excluding hydrogens is 346 g/mol. The number of aromatic nitrogens is 3. The van der Waals surface area contributed by atoms with Crippen LogP contribution >= 0.6 is 0 Å². The maximum atomic E-state index is 11.4. The molecule has 1 aliphatic rings. The average molecular weight is 375 g/mol. The fourth-order valence-electron chi connectivity index (χ4n) is 2.46. The summed E-state index contributed by atoms with van der Waals surface area (Å²) in [6.45, 7) is 8.69. The highest BCUT2D eigenvalue weighted by Gasteiger charge is 2.22. The van der Waals surface area contributed by atoms with Crippen LogP contribution in [0.2, 0.25) is 0 Å². The quantitative estimate of drug-likeness (QED) is 0.472. The molecule has 0 unspecified atom stereocenters. The number of sulfone groups is 1. The summed E-state index contributed by atoms with van der Waals surface area (Å²) in [5, 5.41) is 11.4. The zero-order chi connectivity index (χ0) is 18.0. The molecule has 0 radical (unpaired) electrons. The molecule has 2 heterocycles. The van der Waals surface area contributed by atoms with Gasteiger partial charge in [-0.1, -0.05) is 12.1 Å². The zero-order valence-electron chi connectivity index (χ0n) is 14.9. The van der Waals surface area contributed by atoms with Crippen LogP contribution in [0.5, 0.6) is 0 Å². The van der Waals surface area contributed by atoms with E-state index >= 15 is 0 Å². The highest BCUT2D eigenvalue weighted by Crippen LogP contribution is 2.07. The van der Waals surface area contributed by atoms with Crippen molar-refractivity contribution in [3.05, 3.63) is 11.9 Å². The van der Waals surface area contributed by atoms with Crippen molar-refractivity contribution in [2.75, 3.05) is 64.1 Å². The molecule has 0 spiro atoms. The van der Waals surface area contributed by atoms with Crippen LogP contribution in [0, 0.1) is 0 Å². The van der Waals surface area contributed by atoms with Gasteiger partial charge in [-0.15, -0.1) is 5.10 Å². The average Bonchev–Trinajstić information content (AvgIpc) is 3.03. The maximum absolute atomic E-state index is 11.4. The normalized spacial score (nSPS) is 17.8. The van der Waals surface area contributed by atoms with E-state index in [1.54, 1.807) is 4.68 Å². The van der Waals surface area contributed by atoms with E-state index in [-0.39, 0.29) is 11.5 Å². The Kier molecular flexibility index (Phi) is 8.76. The van der Waals surface area contributed by atoms with Gasteiger partial charge in [0, 0.05) is 32.4 Å². The first-order valence-corrected chi connectivity index (χ1v) is 10.6. The van der Waals surface area contributed by atoms with Gasteiger partial charge in [0.15, 0.2) is 9.84 Å². The maximum Gasteiger partial charge on any atom is 0.152 e. The lowest BCUT2D eigenvalue weighted by Gasteiger charge is -2.25. The van der Waals surface area contributed by atoms with Gasteiger partial charge < -0.3 is 14.8 Å². The topological polar surface area (TPSA) is 98.6 Å². The predicted octanol–water partition coefficient (Wildman–Crippen LogP) is -0.849. The van der Waals surface area contributed by atoms with Gasteiger partial charge in [0.1, 0.15) is 0 Å². The van der Waals surface area contributed by atoms with Crippen molar-refractivity contribution < 1.29 is 17.9 Å². The monoisotopic (exact) mass is 375 g/mol. The van der Waals surface area contributed by atoms with Crippen molar-refractivity contribution >= 4 is 9.84 Å². The Morgan fingerprint density at radius 2 is 1.88 bits per heavy atom. The lowest BCUT2D eigenvalue weighted by Crippen LogP contribution is -2.39. The number of nitrogens with zero attached hydrogens (tertiary/aromatic N) is 4. The third kappa shape index (κ3) is 8.23. The van der Waals surface area contributed by atoms with Crippen molar-refractivity contribution in [1.29, 1.82) is 0 Å². The molecule has 1 fully saturated rings. The SMILES string of the molecule is CCNCCOCCOCCn1cc(CN2CCS(=O)(=O)CC2)nn1. The summed E-state index contributed by atoms with van der Waals surface area (Å²) in [4.78, 5) is 2.09. The Balaban J connectivity index is 1.54. The number of rotatable bonds is 12. The minimum atomic E-state index is -2.84. The lowest BCUT2D eigenvalue weighted by molar-refractivity contribution is 0.0450. The van der Waals surface area contributed by atoms with E-state index < -0.39 is 9.84 Å². The minimum Gasteiger partial charge on any atom is -0.378 e. The molecular formula is C15H29N5O4S. The smallest absolute Gasteiger partial charge is 0.152 e. The van der Waals surface area contributed by atoms with Crippen molar-refractivity contribution in [2.24, 2.45) is 0 Å². The van der Waals surface area contributed by atoms with Crippen molar-refractivity contribution in [3.63, 3.8) is 0 Å². The molecule has 1 N–H and O–H groups in total. The molecule has 0 amide bonds. The standard InChI is InChI=1S/C15H29N5O4S/c1-2-16-3-7-23-9-10-24-8-4-20-14-15(17-18-20)13-19-5-11-25(21,22)12-6-19/h14,16H,2-13H2,1H3. The van der Waals surface area contributed by atoms with Crippen LogP contribution in [0.4, 0.5) is 0 Å². The van der Waals surface area contributed by atoms with E-state index in [2.05, 4.69) is 27.5 Å². The molecule has 0 aliphatic carbocycles. The Hall–Kier alpha value is -1.07. The Bertz CT molecular complexity index is 578. The molecule has 0 saturated carbocycles. The Labute approximate surface area is 149 Å². The Morgan fingerprint density at radius 3 is 2.60 bits per heavy atom. The molecule has 144 valence electrons. The number of likely N-dealkylation sites (N-methyl/N-ethyl adjacent to an activating group) is 1. The van der Waals surface area contributed by atoms with Crippen LogP contribution in [0.1, 0.15) is 12.6 Å². The number of hydrogen-bond donors (Lipinski definition) is 1. The summed E-state index contributed by atoms with van der Waals surface area (Å²) in [5.41, 5.74) is 0.853. The van der Waals surface area contributed by atoms with Gasteiger partial charge in [-0.25, -0.2) is 13.1 Å². The van der Waals surface area contributed by atoms with Crippen LogP contribution in [-0.2, 0) is 32.4 Å². The summed E-state index contributed by atoms with van der Waals surface area (Å²) in [6, 6.07) is 0. The van der Waals surface area contributed by atoms with Crippen molar-refractivity contribution in [2.45, 2.75) is 20.0 Å². The molecule has 2 rings (SSSR count). The van der Waals surface area contributed by atoms with Gasteiger partial charge >= 0.3 is 0 Å². The van der Waals surface area contributed by atoms with Gasteiger partial charge in [0.05, 0.1) is 50.2 Å². The van der Waals surface area contributed by atoms with Gasteiger partial charge in [-0.05, 0) is 6.54 Å². The van der Waals surface area contributed by atoms with Crippen molar-refractivity contribution in [3.8, 4) is 0 Å². The second-order valence-electron chi connectivity index (χ2n) is 5.98. The number of ether oxygens (including phenoxy) is 2. The number of hydrogen-bond acceptors (Lipinski definition) is 8. The summed E-state index contributed by atoms with van der Waals surface area (Å²) < 4.78 is 35.5. The largest absolute Gasteiger partial charge is 0.378 e. The van der Waals surface area contributed by atoms with Crippen molar-refractivity contribution in [1.82, 2.24) is 25.2 Å². The Morgan fingerprint density at radius 1 is 1.16 bits per heavy atom. The second kappa shape index (κ2) is 10.8. The molecule has 0 aromatic carbocycles. The fraction of sp³-hybridized carbons (Fsp3) is 0.867. The van der Waals surface area contributed by atoms with E-state index in [4.69, 9.17) is 9.47 Å². The summed E-state index contributed by atoms with van der Waals surface area (Å²) in [5.74, 6) is 0.455. The third-order valence-electron chi connectivity index (χ3n) is 3.92. The van der Waals surface area contributed by atoms with E-state index in [0.717, 1.165) is 18.8 Å². The van der Waals surface area contributed by atoms with E-state index in [9.17, 15) is 8.42 Å². The molecule has 1 aromatic heterocycles. The van der Waals surface area contributed by atoms with Gasteiger partial charge in [-0.3, -0.25) is 4.90 Å². The van der Waals surface area contributed by atoms with Crippen LogP contribution < -0.4 is 5.32 Å². The molecule has 0 atom stereocenters. The summed E-state index contributed by atoms with van der Waals surface area (Å²) in [6.07, 6.45) is 1.89. The molecule has 1 saturated heterocycles. The van der Waals surface area contributed by atoms with Crippen LogP contribution in [0.15, 0.2) is 6.20 Å². The lowest BCUT2D eigenvalue weighted by atomic mass is 10.4. The summed E-state index contributed by atoms with van der Waals surface area (Å²) >= 11 is 0. The highest BCUT2D eigenvalue weighted by atomic mass is 32.2. The van der Waals surface area contributed by atoms with E-state index in [0.29, 0.717) is 52.6 Å². The van der Waals surface area contributed by atoms with Gasteiger partial charge in [0.2, 0.25) is 0 Å². The molecule has 1 aliphatic heterocycles. The minimum absolute atomic E-state index is 0.228. The first-order valence-electron chi connectivity index (χ1n) is 8.77. The zero-order valence-corrected chi connectivity index (χ0v) is 15.7. The molecule has 10 heteroatoms. The second-order valence-corrected chi connectivity index (χ2v) is 8.28. The molecule has 0 bridgehead atoms. The van der Waals surface area contributed by atoms with Crippen LogP contribution in [0.25, 0.3) is 0 Å². The fourth-order valence-corrected chi connectivity index (χ4v) is 3.74. The number of nitrogens with one attached hydrogen (secondary N) is 1. The highest BCUT2D eigenvalue weighted by molar-refractivity contribution is 7.91. The van der Waals surface area contributed by atoms with Crippen LogP contribution in [0.3, 0.4) is 0 Å².